The molecule has 0 unspecified atom stereocenters. The summed E-state index contributed by atoms with van der Waals surface area (Å²) in [6.07, 6.45) is 7.08. The predicted octanol–water partition coefficient (Wildman–Crippen LogP) is 2.12. The summed E-state index contributed by atoms with van der Waals surface area (Å²) < 4.78 is 1.78. The van der Waals surface area contributed by atoms with Crippen LogP contribution in [0.15, 0.2) is 33.7 Å². The summed E-state index contributed by atoms with van der Waals surface area (Å²) in [5.74, 6) is 1.54. The first-order valence-corrected chi connectivity index (χ1v) is 7.76. The topological polar surface area (TPSA) is 58.0 Å². The minimum atomic E-state index is 0.768. The van der Waals surface area contributed by atoms with Crippen LogP contribution in [0.2, 0.25) is 0 Å². The molecule has 0 radical (unpaired) electrons. The molecule has 0 spiro atoms. The van der Waals surface area contributed by atoms with E-state index in [0.29, 0.717) is 0 Å². The highest BCUT2D eigenvalue weighted by Gasteiger charge is 2.20. The zero-order valence-corrected chi connectivity index (χ0v) is 13.7. The maximum absolute atomic E-state index is 4.32. The number of hydrogen-bond donors (Lipinski definition) is 0. The maximum Gasteiger partial charge on any atom is 0.225 e. The smallest absolute Gasteiger partial charge is 0.225 e. The lowest BCUT2D eigenvalue weighted by molar-refractivity contribution is 0.627. The molecule has 2 aromatic heterocycles. The highest BCUT2D eigenvalue weighted by molar-refractivity contribution is 9.10. The Bertz CT molecular complexity index is 512. The minimum absolute atomic E-state index is 0.768. The Kier molecular flexibility index (Phi) is 4.11. The molecule has 1 aliphatic heterocycles. The lowest BCUT2D eigenvalue weighted by atomic mass is 10.3. The second kappa shape index (κ2) is 6.01. The summed E-state index contributed by atoms with van der Waals surface area (Å²) in [5.41, 5.74) is 0. The first-order valence-electron chi connectivity index (χ1n) is 6.17. The van der Waals surface area contributed by atoms with Crippen LogP contribution in [0.5, 0.6) is 0 Å². The van der Waals surface area contributed by atoms with Crippen molar-refractivity contribution in [3.63, 3.8) is 0 Å². The first kappa shape index (κ1) is 13.7. The minimum Gasteiger partial charge on any atom is -0.337 e. The summed E-state index contributed by atoms with van der Waals surface area (Å²) in [4.78, 5) is 21.6. The van der Waals surface area contributed by atoms with Crippen LogP contribution < -0.4 is 9.80 Å². The lowest BCUT2D eigenvalue weighted by Gasteiger charge is -2.34. The van der Waals surface area contributed by atoms with Crippen molar-refractivity contribution in [3.8, 4) is 0 Å². The third-order valence-corrected chi connectivity index (χ3v) is 3.88. The fourth-order valence-electron chi connectivity index (χ4n) is 2.04. The van der Waals surface area contributed by atoms with Crippen molar-refractivity contribution in [2.45, 2.75) is 0 Å². The van der Waals surface area contributed by atoms with Gasteiger partial charge in [-0.2, -0.15) is 0 Å². The van der Waals surface area contributed by atoms with E-state index in [1.165, 1.54) is 0 Å². The number of rotatable bonds is 2. The van der Waals surface area contributed by atoms with Gasteiger partial charge in [-0.1, -0.05) is 0 Å². The Balaban J connectivity index is 1.64. The number of hydrogen-bond acceptors (Lipinski definition) is 6. The number of anilines is 2. The first-order chi connectivity index (χ1) is 9.72. The third kappa shape index (κ3) is 3.06. The van der Waals surface area contributed by atoms with Gasteiger partial charge in [0, 0.05) is 51.0 Å². The molecule has 0 amide bonds. The Morgan fingerprint density at radius 1 is 0.650 bits per heavy atom. The van der Waals surface area contributed by atoms with Gasteiger partial charge in [-0.15, -0.1) is 0 Å². The molecule has 3 heterocycles. The number of nitrogens with zero attached hydrogens (tertiary/aromatic N) is 6. The second-order valence-corrected chi connectivity index (χ2v) is 6.21. The van der Waals surface area contributed by atoms with Crippen molar-refractivity contribution >= 4 is 43.8 Å². The Morgan fingerprint density at radius 2 is 0.950 bits per heavy atom. The average molecular weight is 400 g/mol. The number of halogens is 2. The normalized spacial score (nSPS) is 15.5. The van der Waals surface area contributed by atoms with Crippen LogP contribution in [0, 0.1) is 0 Å². The van der Waals surface area contributed by atoms with E-state index < -0.39 is 0 Å². The molecule has 8 heteroatoms. The van der Waals surface area contributed by atoms with Crippen LogP contribution >= 0.6 is 31.9 Å². The Morgan fingerprint density at radius 3 is 1.25 bits per heavy atom. The van der Waals surface area contributed by atoms with E-state index in [4.69, 9.17) is 0 Å². The molecule has 0 saturated carbocycles. The van der Waals surface area contributed by atoms with Gasteiger partial charge >= 0.3 is 0 Å². The van der Waals surface area contributed by atoms with Crippen LogP contribution in [-0.2, 0) is 0 Å². The SMILES string of the molecule is Brc1cnc(N2CCN(c3ncc(Br)cn3)CC2)nc1. The van der Waals surface area contributed by atoms with Gasteiger partial charge in [-0.05, 0) is 31.9 Å². The van der Waals surface area contributed by atoms with E-state index in [2.05, 4.69) is 61.6 Å². The van der Waals surface area contributed by atoms with Crippen molar-refractivity contribution in [2.24, 2.45) is 0 Å². The molecule has 0 N–H and O–H groups in total. The van der Waals surface area contributed by atoms with Crippen LogP contribution in [-0.4, -0.2) is 46.1 Å². The van der Waals surface area contributed by atoms with Gasteiger partial charge in [0.2, 0.25) is 11.9 Å². The van der Waals surface area contributed by atoms with Crippen molar-refractivity contribution < 1.29 is 0 Å². The monoisotopic (exact) mass is 398 g/mol. The summed E-state index contributed by atoms with van der Waals surface area (Å²) in [6, 6.07) is 0. The van der Waals surface area contributed by atoms with Crippen LogP contribution in [0.4, 0.5) is 11.9 Å². The van der Waals surface area contributed by atoms with Crippen molar-refractivity contribution in [1.29, 1.82) is 0 Å². The zero-order chi connectivity index (χ0) is 13.9. The molecular weight excluding hydrogens is 388 g/mol. The number of aromatic nitrogens is 4. The molecule has 6 nitrogen and oxygen atoms in total. The standard InChI is InChI=1S/C12H12Br2N6/c13-9-5-15-11(16-6-9)19-1-2-20(4-3-19)12-17-7-10(14)8-18-12/h5-8H,1-4H2. The Hall–Kier alpha value is -1.28. The van der Waals surface area contributed by atoms with E-state index in [-0.39, 0.29) is 0 Å². The van der Waals surface area contributed by atoms with Crippen molar-refractivity contribution in [3.05, 3.63) is 33.7 Å². The molecule has 0 aromatic carbocycles. The Labute approximate surface area is 133 Å². The summed E-state index contributed by atoms with van der Waals surface area (Å²) in [6.45, 7) is 3.45. The molecular formula is C12H12Br2N6. The molecule has 20 heavy (non-hydrogen) atoms. The molecule has 104 valence electrons. The second-order valence-electron chi connectivity index (χ2n) is 4.38. The van der Waals surface area contributed by atoms with E-state index in [9.17, 15) is 0 Å². The van der Waals surface area contributed by atoms with Crippen LogP contribution in [0.3, 0.4) is 0 Å². The van der Waals surface area contributed by atoms with Crippen molar-refractivity contribution in [2.75, 3.05) is 36.0 Å². The zero-order valence-electron chi connectivity index (χ0n) is 10.6. The van der Waals surface area contributed by atoms with E-state index in [0.717, 1.165) is 47.0 Å². The van der Waals surface area contributed by atoms with Crippen molar-refractivity contribution in [1.82, 2.24) is 19.9 Å². The van der Waals surface area contributed by atoms with E-state index in [1.807, 2.05) is 0 Å². The average Bonchev–Trinajstić information content (AvgIpc) is 2.49. The quantitative estimate of drug-likeness (QED) is 0.770. The fourth-order valence-corrected chi connectivity index (χ4v) is 2.45. The molecule has 1 fully saturated rings. The lowest BCUT2D eigenvalue weighted by Crippen LogP contribution is -2.47. The largest absolute Gasteiger partial charge is 0.337 e. The van der Waals surface area contributed by atoms with Gasteiger partial charge in [0.25, 0.3) is 0 Å². The molecule has 1 saturated heterocycles. The summed E-state index contributed by atoms with van der Waals surface area (Å²) in [5, 5.41) is 0. The van der Waals surface area contributed by atoms with Gasteiger partial charge in [-0.25, -0.2) is 19.9 Å². The van der Waals surface area contributed by atoms with Gasteiger partial charge in [0.05, 0.1) is 8.95 Å². The maximum atomic E-state index is 4.32. The predicted molar refractivity (Wildman–Crippen MR) is 83.9 cm³/mol. The van der Waals surface area contributed by atoms with E-state index >= 15 is 0 Å². The third-order valence-electron chi connectivity index (χ3n) is 3.06. The highest BCUT2D eigenvalue weighted by Crippen LogP contribution is 2.16. The summed E-state index contributed by atoms with van der Waals surface area (Å²) >= 11 is 6.69. The highest BCUT2D eigenvalue weighted by atomic mass is 79.9. The number of piperazine rings is 1. The molecule has 3 rings (SSSR count). The molecule has 1 aliphatic rings. The van der Waals surface area contributed by atoms with Gasteiger partial charge in [0.15, 0.2) is 0 Å². The summed E-state index contributed by atoms with van der Waals surface area (Å²) in [7, 11) is 0. The molecule has 2 aromatic rings. The van der Waals surface area contributed by atoms with Crippen LogP contribution in [0.1, 0.15) is 0 Å². The molecule has 0 bridgehead atoms. The molecule has 0 atom stereocenters. The van der Waals surface area contributed by atoms with Crippen LogP contribution in [0.25, 0.3) is 0 Å². The van der Waals surface area contributed by atoms with Gasteiger partial charge in [0.1, 0.15) is 0 Å². The van der Waals surface area contributed by atoms with Gasteiger partial charge < -0.3 is 9.80 Å². The van der Waals surface area contributed by atoms with Gasteiger partial charge in [-0.3, -0.25) is 0 Å². The fraction of sp³-hybridized carbons (Fsp3) is 0.333. The molecule has 0 aliphatic carbocycles. The van der Waals surface area contributed by atoms with E-state index in [1.54, 1.807) is 24.8 Å².